The number of hydrogen-bond donors (Lipinski definition) is 1. The number of aryl methyl sites for hydroxylation is 1. The lowest BCUT2D eigenvalue weighted by atomic mass is 9.82. The fraction of sp³-hybridized carbons (Fsp3) is 0.300. The number of nitrogens with zero attached hydrogens (tertiary/aromatic N) is 6. The first-order valence-electron chi connectivity index (χ1n) is 18.2. The van der Waals surface area contributed by atoms with Crippen LogP contribution in [0.25, 0.3) is 0 Å². The molecule has 0 unspecified atom stereocenters. The molecule has 4 atom stereocenters. The van der Waals surface area contributed by atoms with Crippen LogP contribution in [-0.4, -0.2) is 58.0 Å². The first-order valence-corrected chi connectivity index (χ1v) is 21.1. The minimum Gasteiger partial charge on any atom is -0.454 e. The summed E-state index contributed by atoms with van der Waals surface area (Å²) in [6.07, 6.45) is 1.71. The number of nitro groups is 1. The number of nitro benzene ring substituents is 1. The molecule has 282 valence electrons. The molecule has 3 aliphatic rings. The third kappa shape index (κ3) is 6.17. The van der Waals surface area contributed by atoms with Gasteiger partial charge in [-0.15, -0.1) is 5.10 Å². The van der Waals surface area contributed by atoms with Crippen LogP contribution in [0.15, 0.2) is 97.2 Å². The summed E-state index contributed by atoms with van der Waals surface area (Å²) >= 11 is 0. The Hall–Kier alpha value is -5.77. The van der Waals surface area contributed by atoms with Crippen molar-refractivity contribution in [1.82, 2.24) is 15.0 Å². The number of rotatable bonds is 10. The average Bonchev–Trinajstić information content (AvgIpc) is 3.78. The second-order valence-electron chi connectivity index (χ2n) is 14.7. The van der Waals surface area contributed by atoms with Crippen LogP contribution in [-0.2, 0) is 34.6 Å². The average molecular weight is 763 g/mol. The molecule has 4 aromatic carbocycles. The van der Waals surface area contributed by atoms with Crippen molar-refractivity contribution >= 4 is 43.0 Å². The molecule has 5 aromatic rings. The molecule has 0 saturated carbocycles. The zero-order valence-electron chi connectivity index (χ0n) is 30.5. The van der Waals surface area contributed by atoms with Gasteiger partial charge in [-0.25, -0.2) is 0 Å². The number of fused-ring (bicyclic) bond motifs is 4. The van der Waals surface area contributed by atoms with Crippen LogP contribution < -0.4 is 14.5 Å². The maximum atomic E-state index is 16.4. The molecule has 1 N–H and O–H groups in total. The lowest BCUT2D eigenvalue weighted by Crippen LogP contribution is -2.45. The van der Waals surface area contributed by atoms with Gasteiger partial charge in [-0.1, -0.05) is 48.5 Å². The molecular formula is C40H39FN6O7Si. The Morgan fingerprint density at radius 2 is 1.71 bits per heavy atom. The minimum absolute atomic E-state index is 0.0699. The van der Waals surface area contributed by atoms with Crippen LogP contribution in [0, 0.1) is 16.0 Å². The predicted molar refractivity (Wildman–Crippen MR) is 204 cm³/mol. The molecule has 1 fully saturated rings. The first-order chi connectivity index (χ1) is 26.4. The molecule has 55 heavy (non-hydrogen) atoms. The van der Waals surface area contributed by atoms with Gasteiger partial charge < -0.3 is 23.6 Å². The molecule has 0 aliphatic carbocycles. The van der Waals surface area contributed by atoms with Crippen LogP contribution in [0.2, 0.25) is 18.6 Å². The van der Waals surface area contributed by atoms with Gasteiger partial charge in [0.2, 0.25) is 8.41 Å². The lowest BCUT2D eigenvalue weighted by Gasteiger charge is -2.31. The second kappa shape index (κ2) is 13.8. The van der Waals surface area contributed by atoms with Gasteiger partial charge in [-0.2, -0.15) is 0 Å². The fourth-order valence-electron chi connectivity index (χ4n) is 8.51. The Kier molecular flexibility index (Phi) is 9.10. The number of non-ortho nitro benzene ring substituents is 1. The summed E-state index contributed by atoms with van der Waals surface area (Å²) in [5, 5.41) is 29.5. The van der Waals surface area contributed by atoms with Crippen molar-refractivity contribution in [2.45, 2.75) is 63.2 Å². The van der Waals surface area contributed by atoms with Gasteiger partial charge in [0.05, 0.1) is 40.2 Å². The van der Waals surface area contributed by atoms with E-state index in [0.29, 0.717) is 64.8 Å². The van der Waals surface area contributed by atoms with Crippen LogP contribution in [0.1, 0.15) is 40.5 Å². The SMILES string of the molecule is C[C@@H]1[C@@H]([Si](C)(C)F)[C@H](CCn2cc(CCO)nn2)O[C@@]12C(=O)N(Cc1ccc(N3C(=O)c4ccccc4Oc4ccccc43)cc1)c1ccc([N+](=O)[O-])cc12. The van der Waals surface area contributed by atoms with Crippen molar-refractivity contribution in [3.63, 3.8) is 0 Å². The minimum atomic E-state index is -3.50. The van der Waals surface area contributed by atoms with Gasteiger partial charge in [0, 0.05) is 60.6 Å². The third-order valence-electron chi connectivity index (χ3n) is 10.9. The van der Waals surface area contributed by atoms with Crippen molar-refractivity contribution in [2.75, 3.05) is 16.4 Å². The summed E-state index contributed by atoms with van der Waals surface area (Å²) in [7, 11) is -3.50. The normalized spacial score (nSPS) is 21.7. The molecule has 0 bridgehead atoms. The second-order valence-corrected chi connectivity index (χ2v) is 18.5. The number of amides is 2. The molecule has 1 spiro atoms. The smallest absolute Gasteiger partial charge is 0.269 e. The lowest BCUT2D eigenvalue weighted by molar-refractivity contribution is -0.385. The van der Waals surface area contributed by atoms with Crippen LogP contribution >= 0.6 is 0 Å². The zero-order chi connectivity index (χ0) is 38.6. The number of aliphatic hydroxyl groups is 1. The molecule has 3 aliphatic heterocycles. The van der Waals surface area contributed by atoms with E-state index in [4.69, 9.17) is 9.47 Å². The van der Waals surface area contributed by atoms with Crippen LogP contribution in [0.3, 0.4) is 0 Å². The largest absolute Gasteiger partial charge is 0.454 e. The summed E-state index contributed by atoms with van der Waals surface area (Å²) in [5.74, 6) is -0.341. The highest BCUT2D eigenvalue weighted by atomic mass is 28.4. The Morgan fingerprint density at radius 3 is 2.44 bits per heavy atom. The van der Waals surface area contributed by atoms with Crippen LogP contribution in [0.5, 0.6) is 11.5 Å². The zero-order valence-corrected chi connectivity index (χ0v) is 31.5. The Balaban J connectivity index is 1.12. The van der Waals surface area contributed by atoms with Gasteiger partial charge >= 0.3 is 0 Å². The quantitative estimate of drug-likeness (QED) is 0.0673. The highest BCUT2D eigenvalue weighted by Crippen LogP contribution is 2.60. The molecule has 4 heterocycles. The molecule has 1 saturated heterocycles. The summed E-state index contributed by atoms with van der Waals surface area (Å²) in [5.41, 5.74) is 1.26. The highest BCUT2D eigenvalue weighted by molar-refractivity contribution is 6.72. The van der Waals surface area contributed by atoms with Crippen molar-refractivity contribution in [2.24, 2.45) is 5.92 Å². The molecule has 15 heteroatoms. The number of benzene rings is 4. The fourth-order valence-corrected chi connectivity index (χ4v) is 11.1. The number of aromatic nitrogens is 3. The summed E-state index contributed by atoms with van der Waals surface area (Å²) in [6, 6.07) is 26.0. The molecular weight excluding hydrogens is 724 g/mol. The number of ether oxygens (including phenoxy) is 2. The van der Waals surface area contributed by atoms with E-state index in [0.717, 1.165) is 5.56 Å². The highest BCUT2D eigenvalue weighted by Gasteiger charge is 2.67. The number of carbonyl (C=O) groups excluding carboxylic acids is 2. The van der Waals surface area contributed by atoms with Crippen molar-refractivity contribution in [1.29, 1.82) is 0 Å². The maximum Gasteiger partial charge on any atom is 0.269 e. The number of aliphatic hydroxyl groups excluding tert-OH is 1. The van der Waals surface area contributed by atoms with Gasteiger partial charge in [0.1, 0.15) is 5.75 Å². The standard InChI is InChI=1S/C40H39FN6O7Si/c1-25-37(55(2,3)41)36(18-20-44-24-27(19-21-48)42-43-44)54-40(25)31-22-29(47(51)52)16-17-32(31)45(39(40)50)23-26-12-14-28(15-13-26)46-33-9-5-7-11-35(33)53-34-10-6-4-8-30(34)38(46)49/h4-17,22,24-25,36-37,48H,18-21,23H2,1-3H3/t25-,36+,37-,40+/m1/s1. The van der Waals surface area contributed by atoms with E-state index in [1.54, 1.807) is 76.2 Å². The molecule has 8 rings (SSSR count). The third-order valence-corrected chi connectivity index (χ3v) is 13.4. The Morgan fingerprint density at radius 1 is 0.982 bits per heavy atom. The van der Waals surface area contributed by atoms with E-state index in [1.807, 2.05) is 43.3 Å². The monoisotopic (exact) mass is 762 g/mol. The van der Waals surface area contributed by atoms with E-state index in [2.05, 4.69) is 10.3 Å². The van der Waals surface area contributed by atoms with E-state index in [-0.39, 0.29) is 24.7 Å². The van der Waals surface area contributed by atoms with Gasteiger partial charge in [-0.05, 0) is 67.5 Å². The van der Waals surface area contributed by atoms with Gasteiger partial charge in [0.15, 0.2) is 11.4 Å². The van der Waals surface area contributed by atoms with E-state index in [9.17, 15) is 24.8 Å². The molecule has 2 amide bonds. The van der Waals surface area contributed by atoms with E-state index < -0.39 is 42.4 Å². The molecule has 13 nitrogen and oxygen atoms in total. The van der Waals surface area contributed by atoms with Crippen molar-refractivity contribution in [3.05, 3.63) is 130 Å². The number of halogens is 1. The topological polar surface area (TPSA) is 153 Å². The van der Waals surface area contributed by atoms with Gasteiger partial charge in [0.25, 0.3) is 17.5 Å². The summed E-state index contributed by atoms with van der Waals surface area (Å²) in [6.45, 7) is 5.37. The van der Waals surface area contributed by atoms with Crippen LogP contribution in [0.4, 0.5) is 26.9 Å². The summed E-state index contributed by atoms with van der Waals surface area (Å²) < 4.78 is 30.9. The van der Waals surface area contributed by atoms with E-state index >= 15 is 4.11 Å². The van der Waals surface area contributed by atoms with Gasteiger partial charge in [-0.3, -0.25) is 29.3 Å². The maximum absolute atomic E-state index is 16.4. The molecule has 0 radical (unpaired) electrons. The predicted octanol–water partition coefficient (Wildman–Crippen LogP) is 7.22. The van der Waals surface area contributed by atoms with Crippen molar-refractivity contribution < 1.29 is 33.2 Å². The first kappa shape index (κ1) is 36.2. The number of para-hydroxylation sites is 3. The number of carbonyl (C=O) groups is 2. The number of anilines is 3. The van der Waals surface area contributed by atoms with E-state index in [1.165, 1.54) is 12.1 Å². The summed E-state index contributed by atoms with van der Waals surface area (Å²) in [4.78, 5) is 43.5. The molecule has 1 aromatic heterocycles. The Labute approximate surface area is 317 Å². The number of hydrogen-bond acceptors (Lipinski definition) is 9. The van der Waals surface area contributed by atoms with Crippen molar-refractivity contribution in [3.8, 4) is 11.5 Å². The Bertz CT molecular complexity index is 2310.